The van der Waals surface area contributed by atoms with Crippen molar-refractivity contribution in [3.05, 3.63) is 42.5 Å². The van der Waals surface area contributed by atoms with Crippen LogP contribution in [0.2, 0.25) is 0 Å². The van der Waals surface area contributed by atoms with Gasteiger partial charge in [0.05, 0.1) is 11.0 Å². The number of fused-ring (bicyclic) bond motifs is 3. The minimum atomic E-state index is 0.939. The Hall–Kier alpha value is -2.16. The third-order valence-electron chi connectivity index (χ3n) is 2.94. The summed E-state index contributed by atoms with van der Waals surface area (Å²) < 4.78 is 0. The number of nitrogens with zero attached hydrogens (tertiary/aromatic N) is 3. The van der Waals surface area contributed by atoms with Gasteiger partial charge in [-0.15, -0.1) is 10.2 Å². The van der Waals surface area contributed by atoms with Crippen LogP contribution in [0.4, 0.5) is 5.69 Å². The highest BCUT2D eigenvalue weighted by atomic mass is 15.1. The molecule has 17 heavy (non-hydrogen) atoms. The molecule has 1 aromatic heterocycles. The van der Waals surface area contributed by atoms with Crippen molar-refractivity contribution in [3.63, 3.8) is 0 Å². The van der Waals surface area contributed by atoms with Crippen molar-refractivity contribution in [2.75, 3.05) is 19.0 Å². The molecule has 0 radical (unpaired) electrons. The zero-order valence-electron chi connectivity index (χ0n) is 9.88. The average Bonchev–Trinajstić information content (AvgIpc) is 2.37. The van der Waals surface area contributed by atoms with Crippen molar-refractivity contribution in [2.24, 2.45) is 0 Å². The predicted octanol–water partition coefficient (Wildman–Crippen LogP) is 2.85. The summed E-state index contributed by atoms with van der Waals surface area (Å²) in [6, 6.07) is 14.2. The first-order valence-electron chi connectivity index (χ1n) is 5.59. The molecular weight excluding hydrogens is 210 g/mol. The van der Waals surface area contributed by atoms with Crippen LogP contribution in [0.3, 0.4) is 0 Å². The first-order chi connectivity index (χ1) is 8.27. The fourth-order valence-electron chi connectivity index (χ4n) is 2.14. The van der Waals surface area contributed by atoms with Crippen molar-refractivity contribution in [1.29, 1.82) is 0 Å². The molecule has 3 aromatic rings. The first kappa shape index (κ1) is 10.0. The summed E-state index contributed by atoms with van der Waals surface area (Å²) in [6.07, 6.45) is 0. The van der Waals surface area contributed by atoms with Crippen LogP contribution in [0.25, 0.3) is 21.8 Å². The molecule has 0 atom stereocenters. The molecule has 3 nitrogen and oxygen atoms in total. The summed E-state index contributed by atoms with van der Waals surface area (Å²) in [4.78, 5) is 2.11. The third kappa shape index (κ3) is 1.51. The second kappa shape index (κ2) is 3.70. The Morgan fingerprint density at radius 3 is 2.35 bits per heavy atom. The lowest BCUT2D eigenvalue weighted by atomic mass is 10.1. The highest BCUT2D eigenvalue weighted by molar-refractivity contribution is 6.10. The molecule has 0 saturated heterocycles. The highest BCUT2D eigenvalue weighted by Gasteiger charge is 2.08. The fraction of sp³-hybridized carbons (Fsp3) is 0.143. The van der Waals surface area contributed by atoms with Gasteiger partial charge in [-0.2, -0.15) is 0 Å². The number of benzene rings is 2. The topological polar surface area (TPSA) is 29.0 Å². The Morgan fingerprint density at radius 2 is 1.53 bits per heavy atom. The smallest absolute Gasteiger partial charge is 0.0957 e. The van der Waals surface area contributed by atoms with Gasteiger partial charge >= 0.3 is 0 Å². The number of rotatable bonds is 1. The van der Waals surface area contributed by atoms with E-state index in [-0.39, 0.29) is 0 Å². The van der Waals surface area contributed by atoms with Crippen molar-refractivity contribution in [1.82, 2.24) is 10.2 Å². The van der Waals surface area contributed by atoms with Gasteiger partial charge in [0, 0.05) is 30.6 Å². The van der Waals surface area contributed by atoms with Crippen molar-refractivity contribution in [2.45, 2.75) is 0 Å². The molecule has 0 aliphatic carbocycles. The Labute approximate surface area is 99.7 Å². The molecular formula is C14H13N3. The van der Waals surface area contributed by atoms with E-state index in [4.69, 9.17) is 0 Å². The minimum Gasteiger partial charge on any atom is -0.377 e. The summed E-state index contributed by atoms with van der Waals surface area (Å²) in [6.45, 7) is 0. The van der Waals surface area contributed by atoms with Gasteiger partial charge in [-0.25, -0.2) is 0 Å². The van der Waals surface area contributed by atoms with Gasteiger partial charge < -0.3 is 4.90 Å². The molecule has 3 heteroatoms. The van der Waals surface area contributed by atoms with Crippen LogP contribution < -0.4 is 4.90 Å². The second-order valence-corrected chi connectivity index (χ2v) is 4.28. The lowest BCUT2D eigenvalue weighted by molar-refractivity contribution is 1.11. The highest BCUT2D eigenvalue weighted by Crippen LogP contribution is 2.29. The Bertz CT molecular complexity index is 689. The van der Waals surface area contributed by atoms with Crippen molar-refractivity contribution >= 4 is 27.5 Å². The van der Waals surface area contributed by atoms with Gasteiger partial charge in [0.2, 0.25) is 0 Å². The maximum Gasteiger partial charge on any atom is 0.0957 e. The van der Waals surface area contributed by atoms with E-state index in [2.05, 4.69) is 27.2 Å². The number of hydrogen-bond acceptors (Lipinski definition) is 3. The summed E-state index contributed by atoms with van der Waals surface area (Å²) in [5, 5.41) is 10.8. The van der Waals surface area contributed by atoms with E-state index in [1.165, 1.54) is 11.1 Å². The maximum atomic E-state index is 4.28. The Kier molecular flexibility index (Phi) is 2.18. The Balaban J connectivity index is 2.54. The summed E-state index contributed by atoms with van der Waals surface area (Å²) in [5.41, 5.74) is 3.05. The number of aromatic nitrogens is 2. The molecule has 0 amide bonds. The monoisotopic (exact) mass is 223 g/mol. The van der Waals surface area contributed by atoms with E-state index in [1.54, 1.807) is 0 Å². The fourth-order valence-corrected chi connectivity index (χ4v) is 2.14. The van der Waals surface area contributed by atoms with Gasteiger partial charge in [0.25, 0.3) is 0 Å². The molecule has 1 heterocycles. The summed E-state index contributed by atoms with van der Waals surface area (Å²) in [7, 11) is 4.09. The van der Waals surface area contributed by atoms with E-state index < -0.39 is 0 Å². The zero-order chi connectivity index (χ0) is 11.8. The van der Waals surface area contributed by atoms with Gasteiger partial charge in [0.15, 0.2) is 0 Å². The third-order valence-corrected chi connectivity index (χ3v) is 2.94. The number of anilines is 1. The Morgan fingerprint density at radius 1 is 0.824 bits per heavy atom. The van der Waals surface area contributed by atoms with Crippen LogP contribution >= 0.6 is 0 Å². The lowest BCUT2D eigenvalue weighted by Gasteiger charge is -2.15. The molecule has 0 spiro atoms. The van der Waals surface area contributed by atoms with Crippen LogP contribution in [0.15, 0.2) is 42.5 Å². The molecule has 84 valence electrons. The zero-order valence-corrected chi connectivity index (χ0v) is 9.88. The van der Waals surface area contributed by atoms with Gasteiger partial charge in [-0.05, 0) is 18.2 Å². The van der Waals surface area contributed by atoms with Crippen LogP contribution in [0, 0.1) is 0 Å². The molecule has 2 aromatic carbocycles. The van der Waals surface area contributed by atoms with E-state index in [9.17, 15) is 0 Å². The summed E-state index contributed by atoms with van der Waals surface area (Å²) >= 11 is 0. The standard InChI is InChI=1S/C14H13N3/c1-17(2)13-9-5-8-12-14(13)10-6-3-4-7-11(10)15-16-12/h3-9H,1-2H3. The van der Waals surface area contributed by atoms with E-state index in [1.807, 2.05) is 44.4 Å². The first-order valence-corrected chi connectivity index (χ1v) is 5.59. The maximum absolute atomic E-state index is 4.28. The van der Waals surface area contributed by atoms with Crippen molar-refractivity contribution < 1.29 is 0 Å². The van der Waals surface area contributed by atoms with Gasteiger partial charge in [0.1, 0.15) is 0 Å². The molecule has 0 unspecified atom stereocenters. The quantitative estimate of drug-likeness (QED) is 0.594. The van der Waals surface area contributed by atoms with Crippen LogP contribution in [0.1, 0.15) is 0 Å². The van der Waals surface area contributed by atoms with E-state index >= 15 is 0 Å². The lowest BCUT2D eigenvalue weighted by Crippen LogP contribution is -2.09. The van der Waals surface area contributed by atoms with Crippen LogP contribution in [-0.2, 0) is 0 Å². The molecule has 0 aliphatic rings. The van der Waals surface area contributed by atoms with Gasteiger partial charge in [-0.1, -0.05) is 24.3 Å². The number of hydrogen-bond donors (Lipinski definition) is 0. The van der Waals surface area contributed by atoms with E-state index in [0.29, 0.717) is 0 Å². The normalized spacial score (nSPS) is 10.9. The summed E-state index contributed by atoms with van der Waals surface area (Å²) in [5.74, 6) is 0. The van der Waals surface area contributed by atoms with Crippen molar-refractivity contribution in [3.8, 4) is 0 Å². The molecule has 0 bridgehead atoms. The second-order valence-electron chi connectivity index (χ2n) is 4.28. The van der Waals surface area contributed by atoms with Gasteiger partial charge in [-0.3, -0.25) is 0 Å². The molecule has 0 aliphatic heterocycles. The molecule has 3 rings (SSSR count). The SMILES string of the molecule is CN(C)c1cccc2nnc3ccccc3c12. The average molecular weight is 223 g/mol. The molecule has 0 saturated carbocycles. The van der Waals surface area contributed by atoms with Crippen LogP contribution in [-0.4, -0.2) is 24.3 Å². The molecule has 0 N–H and O–H groups in total. The van der Waals surface area contributed by atoms with E-state index in [0.717, 1.165) is 16.4 Å². The minimum absolute atomic E-state index is 0.939. The largest absolute Gasteiger partial charge is 0.377 e. The van der Waals surface area contributed by atoms with Crippen LogP contribution in [0.5, 0.6) is 0 Å². The predicted molar refractivity (Wildman–Crippen MR) is 71.4 cm³/mol. The molecule has 0 fully saturated rings.